The van der Waals surface area contributed by atoms with Crippen molar-refractivity contribution in [3.8, 4) is 17.2 Å². The number of amides is 2. The molecule has 0 saturated carbocycles. The molecule has 0 spiro atoms. The van der Waals surface area contributed by atoms with Crippen LogP contribution < -0.4 is 25.0 Å². The number of methoxy groups -OCH3 is 1. The third kappa shape index (κ3) is 6.92. The number of hydrogen-bond acceptors (Lipinski definition) is 7. The minimum Gasteiger partial charge on any atom is -0.497 e. The number of benzene rings is 3. The minimum absolute atomic E-state index is 0.346. The van der Waals surface area contributed by atoms with Crippen molar-refractivity contribution in [3.05, 3.63) is 83.9 Å². The fourth-order valence-corrected chi connectivity index (χ4v) is 2.72. The van der Waals surface area contributed by atoms with Crippen molar-refractivity contribution >= 4 is 29.7 Å². The van der Waals surface area contributed by atoms with Gasteiger partial charge >= 0.3 is 17.8 Å². The maximum atomic E-state index is 12.3. The van der Waals surface area contributed by atoms with Crippen molar-refractivity contribution < 1.29 is 28.6 Å². The number of carbonyl (C=O) groups is 3. The number of carbonyl (C=O) groups excluding carboxylic acids is 3. The summed E-state index contributed by atoms with van der Waals surface area (Å²) in [6.45, 7) is 2.42. The minimum atomic E-state index is -0.923. The van der Waals surface area contributed by atoms with Gasteiger partial charge in [0.25, 0.3) is 0 Å². The molecule has 3 aromatic carbocycles. The molecule has 0 saturated heterocycles. The van der Waals surface area contributed by atoms with Crippen LogP contribution in [0.2, 0.25) is 0 Å². The van der Waals surface area contributed by atoms with Crippen LogP contribution in [0.25, 0.3) is 0 Å². The van der Waals surface area contributed by atoms with Gasteiger partial charge in [0.1, 0.15) is 17.2 Å². The van der Waals surface area contributed by atoms with Crippen LogP contribution in [0.15, 0.2) is 77.9 Å². The topological polar surface area (TPSA) is 115 Å². The molecule has 0 aliphatic heterocycles. The van der Waals surface area contributed by atoms with Crippen molar-refractivity contribution in [1.82, 2.24) is 5.43 Å². The average molecular weight is 461 g/mol. The summed E-state index contributed by atoms with van der Waals surface area (Å²) >= 11 is 0. The summed E-state index contributed by atoms with van der Waals surface area (Å²) in [4.78, 5) is 36.1. The Bertz CT molecular complexity index is 1160. The molecule has 2 N–H and O–H groups in total. The van der Waals surface area contributed by atoms with E-state index in [0.29, 0.717) is 40.7 Å². The largest absolute Gasteiger partial charge is 0.497 e. The highest BCUT2D eigenvalue weighted by Gasteiger charge is 2.13. The van der Waals surface area contributed by atoms with Gasteiger partial charge in [-0.15, -0.1) is 0 Å². The Hall–Kier alpha value is -4.66. The third-order valence-electron chi connectivity index (χ3n) is 4.43. The van der Waals surface area contributed by atoms with E-state index in [4.69, 9.17) is 14.2 Å². The number of rotatable bonds is 8. The fourth-order valence-electron chi connectivity index (χ4n) is 2.72. The van der Waals surface area contributed by atoms with Crippen LogP contribution in [-0.2, 0) is 9.59 Å². The summed E-state index contributed by atoms with van der Waals surface area (Å²) in [7, 11) is 1.53. The summed E-state index contributed by atoms with van der Waals surface area (Å²) in [6, 6.07) is 19.7. The van der Waals surface area contributed by atoms with Crippen molar-refractivity contribution in [2.75, 3.05) is 19.0 Å². The van der Waals surface area contributed by atoms with E-state index in [2.05, 4.69) is 15.8 Å². The van der Waals surface area contributed by atoms with Gasteiger partial charge in [0.15, 0.2) is 0 Å². The Morgan fingerprint density at radius 1 is 0.824 bits per heavy atom. The van der Waals surface area contributed by atoms with Crippen LogP contribution in [0.5, 0.6) is 17.2 Å². The fraction of sp³-hybridized carbons (Fsp3) is 0.120. The first-order valence-electron chi connectivity index (χ1n) is 10.3. The predicted octanol–water partition coefficient (Wildman–Crippen LogP) is 3.40. The number of nitrogens with zero attached hydrogens (tertiary/aromatic N) is 1. The van der Waals surface area contributed by atoms with E-state index in [9.17, 15) is 14.4 Å². The molecule has 0 radical (unpaired) electrons. The Morgan fingerprint density at radius 3 is 2.06 bits per heavy atom. The second-order valence-electron chi connectivity index (χ2n) is 6.80. The van der Waals surface area contributed by atoms with Gasteiger partial charge in [0, 0.05) is 5.69 Å². The van der Waals surface area contributed by atoms with Crippen LogP contribution in [0.3, 0.4) is 0 Å². The number of hydrazone groups is 1. The quantitative estimate of drug-likeness (QED) is 0.175. The van der Waals surface area contributed by atoms with Crippen LogP contribution in [0.4, 0.5) is 5.69 Å². The van der Waals surface area contributed by atoms with Gasteiger partial charge < -0.3 is 19.5 Å². The van der Waals surface area contributed by atoms with E-state index in [1.165, 1.54) is 13.3 Å². The van der Waals surface area contributed by atoms with E-state index in [1.807, 2.05) is 6.92 Å². The standard InChI is InChI=1S/C25H23N3O6/c1-3-33-21-12-6-18(7-13-21)25(31)34-22-10-4-17(5-11-22)16-26-28-24(30)23(29)27-19-8-14-20(32-2)15-9-19/h4-16H,3H2,1-2H3,(H,27,29)(H,28,30)/b26-16+. The predicted molar refractivity (Wildman–Crippen MR) is 126 cm³/mol. The first-order valence-corrected chi connectivity index (χ1v) is 10.3. The molecule has 3 rings (SSSR count). The summed E-state index contributed by atoms with van der Waals surface area (Å²) < 4.78 is 15.7. The molecule has 9 nitrogen and oxygen atoms in total. The lowest BCUT2D eigenvalue weighted by atomic mass is 10.2. The number of hydrogen-bond donors (Lipinski definition) is 2. The normalized spacial score (nSPS) is 10.4. The lowest BCUT2D eigenvalue weighted by molar-refractivity contribution is -0.136. The van der Waals surface area contributed by atoms with Crippen molar-refractivity contribution in [3.63, 3.8) is 0 Å². The molecule has 34 heavy (non-hydrogen) atoms. The lowest BCUT2D eigenvalue weighted by Crippen LogP contribution is -2.32. The Kier molecular flexibility index (Phi) is 8.34. The second kappa shape index (κ2) is 11.8. The highest BCUT2D eigenvalue weighted by atomic mass is 16.5. The van der Waals surface area contributed by atoms with E-state index < -0.39 is 17.8 Å². The van der Waals surface area contributed by atoms with Gasteiger partial charge in [0.2, 0.25) is 0 Å². The molecular weight excluding hydrogens is 438 g/mol. The molecule has 0 aromatic heterocycles. The number of nitrogens with one attached hydrogen (secondary N) is 2. The summed E-state index contributed by atoms with van der Waals surface area (Å²) in [5.41, 5.74) is 3.61. The Morgan fingerprint density at radius 2 is 1.44 bits per heavy atom. The molecule has 2 amide bonds. The monoisotopic (exact) mass is 461 g/mol. The molecule has 3 aromatic rings. The van der Waals surface area contributed by atoms with Gasteiger partial charge in [-0.3, -0.25) is 9.59 Å². The number of ether oxygens (including phenoxy) is 3. The Labute approximate surface area is 196 Å². The third-order valence-corrected chi connectivity index (χ3v) is 4.43. The number of esters is 1. The summed E-state index contributed by atoms with van der Waals surface area (Å²) in [6.07, 6.45) is 1.36. The first kappa shape index (κ1) is 24.0. The molecule has 174 valence electrons. The second-order valence-corrected chi connectivity index (χ2v) is 6.80. The maximum absolute atomic E-state index is 12.3. The van der Waals surface area contributed by atoms with E-state index in [-0.39, 0.29) is 0 Å². The van der Waals surface area contributed by atoms with Gasteiger partial charge in [-0.05, 0) is 85.3 Å². The smallest absolute Gasteiger partial charge is 0.343 e. The molecule has 9 heteroatoms. The van der Waals surface area contributed by atoms with Crippen molar-refractivity contribution in [2.24, 2.45) is 5.10 Å². The van der Waals surface area contributed by atoms with Crippen LogP contribution >= 0.6 is 0 Å². The first-order chi connectivity index (χ1) is 16.5. The maximum Gasteiger partial charge on any atom is 0.343 e. The molecular formula is C25H23N3O6. The van der Waals surface area contributed by atoms with Gasteiger partial charge in [-0.2, -0.15) is 5.10 Å². The van der Waals surface area contributed by atoms with Crippen LogP contribution in [-0.4, -0.2) is 37.7 Å². The van der Waals surface area contributed by atoms with Crippen LogP contribution in [0, 0.1) is 0 Å². The lowest BCUT2D eigenvalue weighted by Gasteiger charge is -2.06. The van der Waals surface area contributed by atoms with Gasteiger partial charge in [0.05, 0.1) is 25.5 Å². The van der Waals surface area contributed by atoms with E-state index in [0.717, 1.165) is 0 Å². The van der Waals surface area contributed by atoms with Crippen molar-refractivity contribution in [2.45, 2.75) is 6.92 Å². The molecule has 0 unspecified atom stereocenters. The van der Waals surface area contributed by atoms with Gasteiger partial charge in [-0.1, -0.05) is 0 Å². The van der Waals surface area contributed by atoms with Crippen LogP contribution in [0.1, 0.15) is 22.8 Å². The average Bonchev–Trinajstić information content (AvgIpc) is 2.86. The highest BCUT2D eigenvalue weighted by molar-refractivity contribution is 6.39. The molecule has 0 aliphatic rings. The summed E-state index contributed by atoms with van der Waals surface area (Å²) in [5, 5.41) is 6.22. The number of anilines is 1. The van der Waals surface area contributed by atoms with Crippen molar-refractivity contribution in [1.29, 1.82) is 0 Å². The van der Waals surface area contributed by atoms with E-state index >= 15 is 0 Å². The Balaban J connectivity index is 1.48. The molecule has 0 atom stereocenters. The van der Waals surface area contributed by atoms with E-state index in [1.54, 1.807) is 72.8 Å². The zero-order valence-electron chi connectivity index (χ0n) is 18.6. The molecule has 0 aliphatic carbocycles. The highest BCUT2D eigenvalue weighted by Crippen LogP contribution is 2.17. The SMILES string of the molecule is CCOc1ccc(C(=O)Oc2ccc(/C=N/NC(=O)C(=O)Nc3ccc(OC)cc3)cc2)cc1. The van der Waals surface area contributed by atoms with Gasteiger partial charge in [-0.25, -0.2) is 10.2 Å². The zero-order chi connectivity index (χ0) is 24.3. The molecule has 0 fully saturated rings. The summed E-state index contributed by atoms with van der Waals surface area (Å²) in [5.74, 6) is -0.637. The molecule has 0 heterocycles. The zero-order valence-corrected chi connectivity index (χ0v) is 18.6. The molecule has 0 bridgehead atoms.